The van der Waals surface area contributed by atoms with Gasteiger partial charge in [0.15, 0.2) is 0 Å². The number of aryl methyl sites for hydroxylation is 2. The van der Waals surface area contributed by atoms with E-state index >= 15 is 0 Å². The predicted octanol–water partition coefficient (Wildman–Crippen LogP) is 0.864. The van der Waals surface area contributed by atoms with Gasteiger partial charge in [-0.25, -0.2) is 0 Å². The molecule has 66 valence electrons. The number of nitrogens with two attached hydrogens (primary N) is 2. The van der Waals surface area contributed by atoms with Gasteiger partial charge in [0, 0.05) is 5.69 Å². The largest absolute Gasteiger partial charge is 0.397 e. The van der Waals surface area contributed by atoms with Crippen LogP contribution in [-0.4, -0.2) is 11.5 Å². The van der Waals surface area contributed by atoms with E-state index in [1.807, 2.05) is 13.0 Å². The average Bonchev–Trinajstić information content (AvgIpc) is 2.03. The van der Waals surface area contributed by atoms with Crippen LogP contribution >= 0.6 is 0 Å². The minimum absolute atomic E-state index is 0.714. The van der Waals surface area contributed by atoms with E-state index in [-0.39, 0.29) is 0 Å². The summed E-state index contributed by atoms with van der Waals surface area (Å²) in [5, 5.41) is 0. The molecule has 1 heterocycles. The lowest BCUT2D eigenvalue weighted by Gasteiger charge is -2.03. The molecule has 0 aliphatic carbocycles. The highest BCUT2D eigenvalue weighted by molar-refractivity contribution is 5.39. The monoisotopic (exact) mass is 165 g/mol. The zero-order chi connectivity index (χ0) is 8.97. The molecule has 0 bridgehead atoms. The number of aromatic nitrogens is 1. The molecule has 0 unspecified atom stereocenters. The average molecular weight is 165 g/mol. The molecule has 1 aromatic rings. The first kappa shape index (κ1) is 9.00. The maximum absolute atomic E-state index is 5.57. The van der Waals surface area contributed by atoms with Gasteiger partial charge in [-0.1, -0.05) is 0 Å². The minimum atomic E-state index is 0.714. The first-order valence-corrected chi connectivity index (χ1v) is 4.15. The van der Waals surface area contributed by atoms with Gasteiger partial charge in [-0.3, -0.25) is 4.98 Å². The molecule has 3 nitrogen and oxygen atoms in total. The zero-order valence-corrected chi connectivity index (χ0v) is 7.38. The smallest absolute Gasteiger partial charge is 0.0503 e. The summed E-state index contributed by atoms with van der Waals surface area (Å²) in [7, 11) is 0. The number of pyridine rings is 1. The highest BCUT2D eigenvalue weighted by Crippen LogP contribution is 2.10. The number of anilines is 1. The lowest BCUT2D eigenvalue weighted by Crippen LogP contribution is -2.03. The van der Waals surface area contributed by atoms with Crippen molar-refractivity contribution in [1.29, 1.82) is 0 Å². The summed E-state index contributed by atoms with van der Waals surface area (Å²) in [4.78, 5) is 4.23. The summed E-state index contributed by atoms with van der Waals surface area (Å²) >= 11 is 0. The van der Waals surface area contributed by atoms with E-state index in [1.165, 1.54) is 0 Å². The van der Waals surface area contributed by atoms with Crippen molar-refractivity contribution in [2.75, 3.05) is 12.3 Å². The molecule has 0 saturated carbocycles. The van der Waals surface area contributed by atoms with Crippen molar-refractivity contribution in [3.63, 3.8) is 0 Å². The fourth-order valence-corrected chi connectivity index (χ4v) is 1.16. The van der Waals surface area contributed by atoms with Crippen molar-refractivity contribution in [3.05, 3.63) is 23.5 Å². The normalized spacial score (nSPS) is 10.2. The standard InChI is InChI=1S/C9H15N3/c1-7-5-8(11)6-12-9(7)3-2-4-10/h5-6H,2-4,10-11H2,1H3. The van der Waals surface area contributed by atoms with Gasteiger partial charge in [-0.15, -0.1) is 0 Å². The summed E-state index contributed by atoms with van der Waals surface area (Å²) < 4.78 is 0. The summed E-state index contributed by atoms with van der Waals surface area (Å²) in [6.07, 6.45) is 3.62. The van der Waals surface area contributed by atoms with Crippen LogP contribution in [0.2, 0.25) is 0 Å². The number of nitrogen functional groups attached to an aromatic ring is 1. The Morgan fingerprint density at radius 3 is 2.83 bits per heavy atom. The molecule has 0 aromatic carbocycles. The van der Waals surface area contributed by atoms with Gasteiger partial charge >= 0.3 is 0 Å². The Hall–Kier alpha value is -1.09. The van der Waals surface area contributed by atoms with E-state index < -0.39 is 0 Å². The fraction of sp³-hybridized carbons (Fsp3) is 0.444. The van der Waals surface area contributed by atoms with Crippen LogP contribution in [0, 0.1) is 6.92 Å². The van der Waals surface area contributed by atoms with Gasteiger partial charge in [0.05, 0.1) is 11.9 Å². The predicted molar refractivity (Wildman–Crippen MR) is 50.8 cm³/mol. The lowest BCUT2D eigenvalue weighted by atomic mass is 10.1. The Balaban J connectivity index is 2.72. The molecule has 0 aliphatic rings. The number of nitrogens with zero attached hydrogens (tertiary/aromatic N) is 1. The van der Waals surface area contributed by atoms with E-state index in [2.05, 4.69) is 4.98 Å². The molecule has 0 aliphatic heterocycles. The van der Waals surface area contributed by atoms with Gasteiger partial charge in [0.2, 0.25) is 0 Å². The molecule has 0 fully saturated rings. The van der Waals surface area contributed by atoms with Gasteiger partial charge in [-0.05, 0) is 37.9 Å². The van der Waals surface area contributed by atoms with Crippen molar-refractivity contribution in [2.45, 2.75) is 19.8 Å². The molecule has 0 atom stereocenters. The SMILES string of the molecule is Cc1cc(N)cnc1CCCN. The molecule has 0 spiro atoms. The lowest BCUT2D eigenvalue weighted by molar-refractivity contribution is 0.804. The second kappa shape index (κ2) is 4.07. The Morgan fingerprint density at radius 2 is 2.25 bits per heavy atom. The molecule has 12 heavy (non-hydrogen) atoms. The number of rotatable bonds is 3. The maximum atomic E-state index is 5.57. The topological polar surface area (TPSA) is 64.9 Å². The van der Waals surface area contributed by atoms with Crippen LogP contribution in [0.15, 0.2) is 12.3 Å². The molecular formula is C9H15N3. The van der Waals surface area contributed by atoms with Gasteiger partial charge in [-0.2, -0.15) is 0 Å². The molecular weight excluding hydrogens is 150 g/mol. The van der Waals surface area contributed by atoms with Crippen LogP contribution < -0.4 is 11.5 Å². The third kappa shape index (κ3) is 2.20. The Labute approximate surface area is 72.8 Å². The quantitative estimate of drug-likeness (QED) is 0.698. The Morgan fingerprint density at radius 1 is 1.50 bits per heavy atom. The van der Waals surface area contributed by atoms with E-state index in [0.717, 1.165) is 29.8 Å². The van der Waals surface area contributed by atoms with Crippen molar-refractivity contribution in [1.82, 2.24) is 4.98 Å². The van der Waals surface area contributed by atoms with Crippen LogP contribution in [-0.2, 0) is 6.42 Å². The summed E-state index contributed by atoms with van der Waals surface area (Å²) in [5.74, 6) is 0. The van der Waals surface area contributed by atoms with Gasteiger partial charge in [0.25, 0.3) is 0 Å². The van der Waals surface area contributed by atoms with Crippen molar-refractivity contribution >= 4 is 5.69 Å². The van der Waals surface area contributed by atoms with Crippen LogP contribution in [0.4, 0.5) is 5.69 Å². The minimum Gasteiger partial charge on any atom is -0.397 e. The van der Waals surface area contributed by atoms with Crippen LogP contribution in [0.1, 0.15) is 17.7 Å². The van der Waals surface area contributed by atoms with E-state index in [1.54, 1.807) is 6.20 Å². The molecule has 0 radical (unpaired) electrons. The van der Waals surface area contributed by atoms with Crippen molar-refractivity contribution < 1.29 is 0 Å². The third-order valence-electron chi connectivity index (χ3n) is 1.83. The molecule has 0 saturated heterocycles. The first-order valence-electron chi connectivity index (χ1n) is 4.15. The maximum Gasteiger partial charge on any atom is 0.0503 e. The van der Waals surface area contributed by atoms with Crippen molar-refractivity contribution in [2.24, 2.45) is 5.73 Å². The van der Waals surface area contributed by atoms with Gasteiger partial charge in [0.1, 0.15) is 0 Å². The summed E-state index contributed by atoms with van der Waals surface area (Å²) in [6.45, 7) is 2.74. The molecule has 1 aromatic heterocycles. The Bertz CT molecular complexity index is 258. The second-order valence-corrected chi connectivity index (χ2v) is 2.92. The highest BCUT2D eigenvalue weighted by atomic mass is 14.7. The van der Waals surface area contributed by atoms with E-state index in [9.17, 15) is 0 Å². The summed E-state index contributed by atoms with van der Waals surface area (Å²) in [5.41, 5.74) is 14.0. The fourth-order valence-electron chi connectivity index (χ4n) is 1.16. The van der Waals surface area contributed by atoms with Crippen LogP contribution in [0.3, 0.4) is 0 Å². The van der Waals surface area contributed by atoms with Gasteiger partial charge < -0.3 is 11.5 Å². The van der Waals surface area contributed by atoms with E-state index in [4.69, 9.17) is 11.5 Å². The first-order chi connectivity index (χ1) is 5.74. The zero-order valence-electron chi connectivity index (χ0n) is 7.38. The molecule has 1 rings (SSSR count). The molecule has 4 N–H and O–H groups in total. The van der Waals surface area contributed by atoms with Crippen LogP contribution in [0.5, 0.6) is 0 Å². The number of hydrogen-bond donors (Lipinski definition) is 2. The van der Waals surface area contributed by atoms with Crippen LogP contribution in [0.25, 0.3) is 0 Å². The number of hydrogen-bond acceptors (Lipinski definition) is 3. The molecule has 0 amide bonds. The van der Waals surface area contributed by atoms with Crippen molar-refractivity contribution in [3.8, 4) is 0 Å². The van der Waals surface area contributed by atoms with E-state index in [0.29, 0.717) is 6.54 Å². The highest BCUT2D eigenvalue weighted by Gasteiger charge is 1.98. The third-order valence-corrected chi connectivity index (χ3v) is 1.83. The Kier molecular flexibility index (Phi) is 3.05. The molecule has 3 heteroatoms. The second-order valence-electron chi connectivity index (χ2n) is 2.92. The summed E-state index contributed by atoms with van der Waals surface area (Å²) in [6, 6.07) is 1.94.